The molecule has 3 nitrogen and oxygen atoms in total. The van der Waals surface area contributed by atoms with Gasteiger partial charge in [-0.3, -0.25) is 4.98 Å². The lowest BCUT2D eigenvalue weighted by molar-refractivity contribution is 0.155. The van der Waals surface area contributed by atoms with E-state index < -0.39 is 0 Å². The van der Waals surface area contributed by atoms with Crippen molar-refractivity contribution < 1.29 is 9.84 Å². The Hall–Kier alpha value is -1.58. The third-order valence-electron chi connectivity index (χ3n) is 3.67. The van der Waals surface area contributed by atoms with Gasteiger partial charge in [-0.25, -0.2) is 0 Å². The van der Waals surface area contributed by atoms with E-state index in [-0.39, 0.29) is 6.10 Å². The first-order chi connectivity index (χ1) is 9.75. The molecule has 0 radical (unpaired) electrons. The lowest BCUT2D eigenvalue weighted by atomic mass is 9.89. The molecule has 20 heavy (non-hydrogen) atoms. The van der Waals surface area contributed by atoms with E-state index >= 15 is 0 Å². The zero-order valence-corrected chi connectivity index (χ0v) is 11.8. The normalized spacial score (nSPS) is 17.6. The van der Waals surface area contributed by atoms with Gasteiger partial charge in [-0.05, 0) is 42.5 Å². The molecule has 2 aromatic rings. The Morgan fingerprint density at radius 1 is 1.35 bits per heavy atom. The number of nitrogens with zero attached hydrogens (tertiary/aromatic N) is 1. The molecule has 1 aromatic heterocycles. The van der Waals surface area contributed by atoms with Crippen molar-refractivity contribution in [2.75, 3.05) is 0 Å². The molecular weight excluding hydrogens is 274 g/mol. The van der Waals surface area contributed by atoms with Crippen LogP contribution < -0.4 is 4.74 Å². The van der Waals surface area contributed by atoms with Gasteiger partial charge in [-0.1, -0.05) is 23.7 Å². The number of benzene rings is 1. The van der Waals surface area contributed by atoms with Crippen LogP contribution in [0.4, 0.5) is 0 Å². The summed E-state index contributed by atoms with van der Waals surface area (Å²) < 4.78 is 5.90. The fourth-order valence-corrected chi connectivity index (χ4v) is 2.78. The van der Waals surface area contributed by atoms with Crippen LogP contribution in [0, 0.1) is 0 Å². The number of hydrogen-bond donors (Lipinski definition) is 1. The maximum atomic E-state index is 10.0. The van der Waals surface area contributed by atoms with Crippen molar-refractivity contribution in [1.82, 2.24) is 4.98 Å². The van der Waals surface area contributed by atoms with Crippen LogP contribution in [0.5, 0.6) is 5.75 Å². The number of halogens is 1. The summed E-state index contributed by atoms with van der Waals surface area (Å²) in [4.78, 5) is 3.96. The molecule has 1 unspecified atom stereocenters. The SMILES string of the molecule is OC1CCCc2c(OCc3ccncc3Cl)cccc21. The number of pyridine rings is 1. The third-order valence-corrected chi connectivity index (χ3v) is 4.01. The summed E-state index contributed by atoms with van der Waals surface area (Å²) in [5.74, 6) is 0.842. The predicted molar refractivity (Wildman–Crippen MR) is 77.9 cm³/mol. The highest BCUT2D eigenvalue weighted by Gasteiger charge is 2.20. The minimum absolute atomic E-state index is 0.369. The van der Waals surface area contributed by atoms with Crippen LogP contribution in [0.15, 0.2) is 36.7 Å². The van der Waals surface area contributed by atoms with Crippen LogP contribution in [0.3, 0.4) is 0 Å². The van der Waals surface area contributed by atoms with Crippen LogP contribution in [0.1, 0.15) is 35.6 Å². The second-order valence-electron chi connectivity index (χ2n) is 4.99. The molecule has 1 N–H and O–H groups in total. The molecule has 0 amide bonds. The maximum absolute atomic E-state index is 10.0. The molecule has 0 aliphatic heterocycles. The molecule has 1 atom stereocenters. The Kier molecular flexibility index (Phi) is 3.90. The average molecular weight is 290 g/mol. The molecule has 0 bridgehead atoms. The van der Waals surface area contributed by atoms with E-state index in [1.165, 1.54) is 0 Å². The predicted octanol–water partition coefficient (Wildman–Crippen LogP) is 3.68. The molecule has 0 saturated heterocycles. The van der Waals surface area contributed by atoms with Gasteiger partial charge in [0.1, 0.15) is 12.4 Å². The van der Waals surface area contributed by atoms with Crippen LogP contribution in [0.25, 0.3) is 0 Å². The summed E-state index contributed by atoms with van der Waals surface area (Å²) in [6, 6.07) is 7.71. The van der Waals surface area contributed by atoms with Gasteiger partial charge in [0.25, 0.3) is 0 Å². The smallest absolute Gasteiger partial charge is 0.123 e. The van der Waals surface area contributed by atoms with Crippen LogP contribution in [-0.4, -0.2) is 10.1 Å². The molecule has 1 heterocycles. The number of aromatic nitrogens is 1. The van der Waals surface area contributed by atoms with Crippen molar-refractivity contribution >= 4 is 11.6 Å². The Morgan fingerprint density at radius 2 is 2.25 bits per heavy atom. The van der Waals surface area contributed by atoms with Gasteiger partial charge in [0, 0.05) is 18.0 Å². The third kappa shape index (κ3) is 2.65. The Labute approximate surface area is 123 Å². The number of aliphatic hydroxyl groups excluding tert-OH is 1. The summed E-state index contributed by atoms with van der Waals surface area (Å²) in [7, 11) is 0. The first-order valence-electron chi connectivity index (χ1n) is 6.77. The zero-order chi connectivity index (χ0) is 13.9. The van der Waals surface area contributed by atoms with E-state index in [4.69, 9.17) is 16.3 Å². The quantitative estimate of drug-likeness (QED) is 0.937. The molecule has 0 saturated carbocycles. The number of fused-ring (bicyclic) bond motifs is 1. The summed E-state index contributed by atoms with van der Waals surface area (Å²) in [6.45, 7) is 0.411. The van der Waals surface area contributed by atoms with Gasteiger partial charge in [0.15, 0.2) is 0 Å². The molecule has 1 aliphatic rings. The Bertz CT molecular complexity index is 615. The number of ether oxygens (including phenoxy) is 1. The number of rotatable bonds is 3. The van der Waals surface area contributed by atoms with Crippen LogP contribution >= 0.6 is 11.6 Å². The maximum Gasteiger partial charge on any atom is 0.123 e. The molecular formula is C16H16ClNO2. The van der Waals surface area contributed by atoms with Crippen molar-refractivity contribution in [1.29, 1.82) is 0 Å². The fourth-order valence-electron chi connectivity index (χ4n) is 2.60. The molecule has 0 fully saturated rings. The summed E-state index contributed by atoms with van der Waals surface area (Å²) in [5.41, 5.74) is 3.03. The van der Waals surface area contributed by atoms with Gasteiger partial charge >= 0.3 is 0 Å². The lowest BCUT2D eigenvalue weighted by Crippen LogP contribution is -2.11. The second kappa shape index (κ2) is 5.81. The lowest BCUT2D eigenvalue weighted by Gasteiger charge is -2.23. The molecule has 1 aromatic carbocycles. The minimum Gasteiger partial charge on any atom is -0.489 e. The highest BCUT2D eigenvalue weighted by Crippen LogP contribution is 2.35. The van der Waals surface area contributed by atoms with E-state index in [0.29, 0.717) is 11.6 Å². The number of aliphatic hydroxyl groups is 1. The topological polar surface area (TPSA) is 42.4 Å². The van der Waals surface area contributed by atoms with Gasteiger partial charge < -0.3 is 9.84 Å². The minimum atomic E-state index is -0.369. The highest BCUT2D eigenvalue weighted by atomic mass is 35.5. The van der Waals surface area contributed by atoms with Crippen molar-refractivity contribution in [3.05, 3.63) is 58.4 Å². The van der Waals surface area contributed by atoms with E-state index in [2.05, 4.69) is 4.98 Å². The van der Waals surface area contributed by atoms with Crippen molar-refractivity contribution in [3.8, 4) is 5.75 Å². The molecule has 4 heteroatoms. The summed E-state index contributed by atoms with van der Waals surface area (Å²) in [6.07, 6.45) is 5.72. The van der Waals surface area contributed by atoms with E-state index in [1.807, 2.05) is 24.3 Å². The van der Waals surface area contributed by atoms with E-state index in [0.717, 1.165) is 41.7 Å². The van der Waals surface area contributed by atoms with Gasteiger partial charge in [0.2, 0.25) is 0 Å². The van der Waals surface area contributed by atoms with Crippen molar-refractivity contribution in [2.45, 2.75) is 32.0 Å². The van der Waals surface area contributed by atoms with Gasteiger partial charge in [-0.15, -0.1) is 0 Å². The van der Waals surface area contributed by atoms with E-state index in [1.54, 1.807) is 12.4 Å². The van der Waals surface area contributed by atoms with Crippen LogP contribution in [-0.2, 0) is 13.0 Å². The fraction of sp³-hybridized carbons (Fsp3) is 0.312. The molecule has 104 valence electrons. The standard InChI is InChI=1S/C16H16ClNO2/c17-14-9-18-8-7-11(14)10-20-16-6-2-3-12-13(16)4-1-5-15(12)19/h2-3,6-9,15,19H,1,4-5,10H2. The molecule has 1 aliphatic carbocycles. The van der Waals surface area contributed by atoms with Gasteiger partial charge in [-0.2, -0.15) is 0 Å². The van der Waals surface area contributed by atoms with Gasteiger partial charge in [0.05, 0.1) is 11.1 Å². The van der Waals surface area contributed by atoms with Crippen molar-refractivity contribution in [2.24, 2.45) is 0 Å². The first kappa shape index (κ1) is 13.4. The zero-order valence-electron chi connectivity index (χ0n) is 11.1. The van der Waals surface area contributed by atoms with Crippen molar-refractivity contribution in [3.63, 3.8) is 0 Å². The average Bonchev–Trinajstić information content (AvgIpc) is 2.47. The monoisotopic (exact) mass is 289 g/mol. The van der Waals surface area contributed by atoms with Crippen LogP contribution in [0.2, 0.25) is 5.02 Å². The largest absolute Gasteiger partial charge is 0.489 e. The first-order valence-corrected chi connectivity index (χ1v) is 7.14. The molecule has 0 spiro atoms. The molecule has 3 rings (SSSR count). The number of hydrogen-bond acceptors (Lipinski definition) is 3. The highest BCUT2D eigenvalue weighted by molar-refractivity contribution is 6.31. The Balaban J connectivity index is 1.82. The summed E-state index contributed by atoms with van der Waals surface area (Å²) >= 11 is 6.07. The summed E-state index contributed by atoms with van der Waals surface area (Å²) in [5, 5.41) is 10.6. The second-order valence-corrected chi connectivity index (χ2v) is 5.39. The van der Waals surface area contributed by atoms with E-state index in [9.17, 15) is 5.11 Å². The Morgan fingerprint density at radius 3 is 3.10 bits per heavy atom.